The lowest BCUT2D eigenvalue weighted by atomic mass is 9.99. The number of hydrogen-bond donors (Lipinski definition) is 2. The normalized spacial score (nSPS) is 15.8. The van der Waals surface area contributed by atoms with Gasteiger partial charge in [-0.1, -0.05) is 6.07 Å². The molecule has 2 aliphatic heterocycles. The van der Waals surface area contributed by atoms with Gasteiger partial charge in [-0.2, -0.15) is 0 Å². The summed E-state index contributed by atoms with van der Waals surface area (Å²) < 4.78 is 6.00. The lowest BCUT2D eigenvalue weighted by Crippen LogP contribution is -2.51. The zero-order valence-electron chi connectivity index (χ0n) is 19.7. The van der Waals surface area contributed by atoms with Gasteiger partial charge in [-0.05, 0) is 74.5 Å². The van der Waals surface area contributed by atoms with Gasteiger partial charge in [0.15, 0.2) is 5.78 Å². The first kappa shape index (κ1) is 26.2. The van der Waals surface area contributed by atoms with Crippen molar-refractivity contribution in [2.45, 2.75) is 38.3 Å². The molecule has 0 radical (unpaired) electrons. The van der Waals surface area contributed by atoms with Gasteiger partial charge < -0.3 is 25.6 Å². The number of ether oxygens (including phenoxy) is 1. The van der Waals surface area contributed by atoms with E-state index in [1.165, 1.54) is 7.11 Å². The van der Waals surface area contributed by atoms with Gasteiger partial charge in [0, 0.05) is 58.7 Å². The predicted octanol–water partition coefficient (Wildman–Crippen LogP) is 4.58. The fourth-order valence-electron chi connectivity index (χ4n) is 4.51. The SMILES string of the molecule is COC(=O)c1ccc2c(c1)NC(=O)N(C1CCN(C(=O)CCC(=O)c3cc(Br)c(N)c(Br)c3)CC1)C2. The number of ketones is 1. The number of benzene rings is 2. The molecule has 1 saturated heterocycles. The predicted molar refractivity (Wildman–Crippen MR) is 142 cm³/mol. The molecule has 2 aliphatic rings. The van der Waals surface area contributed by atoms with Gasteiger partial charge >= 0.3 is 12.0 Å². The molecule has 4 rings (SSSR count). The Morgan fingerprint density at radius 1 is 1.06 bits per heavy atom. The number of carbonyl (C=O) groups excluding carboxylic acids is 4. The third-order valence-corrected chi connectivity index (χ3v) is 7.91. The van der Waals surface area contributed by atoms with E-state index in [2.05, 4.69) is 37.2 Å². The standard InChI is InChI=1S/C25H26Br2N4O5/c1-36-24(34)14-2-3-15-13-31(25(35)29-20(15)12-14)17-6-8-30(9-7-17)22(33)5-4-21(32)16-10-18(26)23(28)19(27)11-16/h2-3,10-12,17H,4-9,13,28H2,1H3,(H,29,35). The number of fused-ring (bicyclic) bond motifs is 1. The van der Waals surface area contributed by atoms with Crippen LogP contribution in [0.25, 0.3) is 0 Å². The fourth-order valence-corrected chi connectivity index (χ4v) is 5.69. The van der Waals surface area contributed by atoms with Crippen LogP contribution in [0.3, 0.4) is 0 Å². The van der Waals surface area contributed by atoms with Crippen LogP contribution in [0.5, 0.6) is 0 Å². The van der Waals surface area contributed by atoms with Gasteiger partial charge in [-0.15, -0.1) is 0 Å². The van der Waals surface area contributed by atoms with E-state index in [1.807, 2.05) is 6.07 Å². The molecule has 2 heterocycles. The van der Waals surface area contributed by atoms with Crippen molar-refractivity contribution >= 4 is 66.9 Å². The highest BCUT2D eigenvalue weighted by Gasteiger charge is 2.33. The quantitative estimate of drug-likeness (QED) is 0.277. The summed E-state index contributed by atoms with van der Waals surface area (Å²) in [5.74, 6) is -0.653. The second-order valence-corrected chi connectivity index (χ2v) is 10.5. The maximum atomic E-state index is 12.8. The van der Waals surface area contributed by atoms with Gasteiger partial charge in [0.2, 0.25) is 5.91 Å². The summed E-state index contributed by atoms with van der Waals surface area (Å²) in [6.07, 6.45) is 1.55. The molecule has 36 heavy (non-hydrogen) atoms. The van der Waals surface area contributed by atoms with E-state index >= 15 is 0 Å². The second-order valence-electron chi connectivity index (χ2n) is 8.81. The van der Waals surface area contributed by atoms with E-state index in [1.54, 1.807) is 34.1 Å². The molecule has 190 valence electrons. The molecule has 0 bridgehead atoms. The molecule has 0 aromatic heterocycles. The van der Waals surface area contributed by atoms with Crippen LogP contribution in [0.1, 0.15) is 52.0 Å². The highest BCUT2D eigenvalue weighted by Crippen LogP contribution is 2.31. The first-order valence-corrected chi connectivity index (χ1v) is 13.1. The van der Waals surface area contributed by atoms with Crippen LogP contribution >= 0.6 is 31.9 Å². The third kappa shape index (κ3) is 5.57. The van der Waals surface area contributed by atoms with E-state index < -0.39 is 5.97 Å². The zero-order valence-corrected chi connectivity index (χ0v) is 22.9. The number of nitrogen functional groups attached to an aromatic ring is 1. The number of rotatable bonds is 6. The number of carbonyl (C=O) groups is 4. The van der Waals surface area contributed by atoms with Crippen LogP contribution < -0.4 is 11.1 Å². The van der Waals surface area contributed by atoms with Crippen molar-refractivity contribution in [2.75, 3.05) is 31.2 Å². The number of urea groups is 1. The minimum atomic E-state index is -0.456. The highest BCUT2D eigenvalue weighted by molar-refractivity contribution is 9.11. The average Bonchev–Trinajstić information content (AvgIpc) is 2.88. The summed E-state index contributed by atoms with van der Waals surface area (Å²) >= 11 is 6.68. The van der Waals surface area contributed by atoms with Gasteiger partial charge in [-0.3, -0.25) is 9.59 Å². The Labute approximate surface area is 225 Å². The molecule has 0 atom stereocenters. The first-order chi connectivity index (χ1) is 17.2. The molecule has 11 heteroatoms. The Morgan fingerprint density at radius 3 is 2.36 bits per heavy atom. The largest absolute Gasteiger partial charge is 0.465 e. The van der Waals surface area contributed by atoms with Crippen molar-refractivity contribution in [3.8, 4) is 0 Å². The van der Waals surface area contributed by atoms with Crippen LogP contribution in [-0.2, 0) is 16.1 Å². The number of methoxy groups -OCH3 is 1. The maximum Gasteiger partial charge on any atom is 0.337 e. The van der Waals surface area contributed by atoms with E-state index in [0.29, 0.717) is 63.9 Å². The number of piperidine rings is 1. The van der Waals surface area contributed by atoms with Crippen molar-refractivity contribution in [2.24, 2.45) is 0 Å². The Balaban J connectivity index is 1.30. The topological polar surface area (TPSA) is 122 Å². The molecule has 0 aliphatic carbocycles. The molecule has 2 aromatic carbocycles. The maximum absolute atomic E-state index is 12.8. The number of Topliss-reactive ketones (excluding diaryl/α,β-unsaturated/α-hetero) is 1. The Hall–Kier alpha value is -2.92. The molecule has 3 amide bonds. The Bertz CT molecular complexity index is 1200. The fraction of sp³-hybridized carbons (Fsp3) is 0.360. The number of nitrogens with two attached hydrogens (primary N) is 1. The highest BCUT2D eigenvalue weighted by atomic mass is 79.9. The molecular weight excluding hydrogens is 596 g/mol. The van der Waals surface area contributed by atoms with E-state index in [9.17, 15) is 19.2 Å². The number of nitrogens with one attached hydrogen (secondary N) is 1. The summed E-state index contributed by atoms with van der Waals surface area (Å²) in [4.78, 5) is 53.4. The van der Waals surface area contributed by atoms with Crippen molar-refractivity contribution in [3.63, 3.8) is 0 Å². The van der Waals surface area contributed by atoms with Crippen LogP contribution in [0, 0.1) is 0 Å². The van der Waals surface area contributed by atoms with Gasteiger partial charge in [-0.25, -0.2) is 9.59 Å². The molecule has 3 N–H and O–H groups in total. The second kappa shape index (κ2) is 11.0. The van der Waals surface area contributed by atoms with Crippen LogP contribution in [0.15, 0.2) is 39.3 Å². The smallest absolute Gasteiger partial charge is 0.337 e. The molecule has 9 nitrogen and oxygen atoms in total. The van der Waals surface area contributed by atoms with Gasteiger partial charge in [0.05, 0.1) is 18.4 Å². The third-order valence-electron chi connectivity index (χ3n) is 6.60. The lowest BCUT2D eigenvalue weighted by molar-refractivity contribution is -0.132. The van der Waals surface area contributed by atoms with E-state index in [4.69, 9.17) is 10.5 Å². The molecular formula is C25H26Br2N4O5. The molecule has 0 unspecified atom stereocenters. The molecule has 1 fully saturated rings. The number of halogens is 2. The van der Waals surface area contributed by atoms with Crippen molar-refractivity contribution < 1.29 is 23.9 Å². The van der Waals surface area contributed by atoms with Crippen LogP contribution in [-0.4, -0.2) is 59.7 Å². The number of hydrogen-bond acceptors (Lipinski definition) is 6. The van der Waals surface area contributed by atoms with Gasteiger partial charge in [0.25, 0.3) is 0 Å². The minimum Gasteiger partial charge on any atom is -0.465 e. The number of nitrogens with zero attached hydrogens (tertiary/aromatic N) is 2. The van der Waals surface area contributed by atoms with Crippen molar-refractivity contribution in [1.29, 1.82) is 0 Å². The summed E-state index contributed by atoms with van der Waals surface area (Å²) in [6, 6.07) is 8.23. The molecule has 2 aromatic rings. The van der Waals surface area contributed by atoms with Crippen LogP contribution in [0.2, 0.25) is 0 Å². The molecule has 0 saturated carbocycles. The average molecular weight is 622 g/mol. The number of amides is 3. The van der Waals surface area contributed by atoms with E-state index in [0.717, 1.165) is 5.56 Å². The number of esters is 1. The summed E-state index contributed by atoms with van der Waals surface area (Å²) in [5.41, 5.74) is 8.79. The van der Waals surface area contributed by atoms with Crippen LogP contribution in [0.4, 0.5) is 16.2 Å². The summed E-state index contributed by atoms with van der Waals surface area (Å²) in [5, 5.41) is 2.87. The van der Waals surface area contributed by atoms with Crippen molar-refractivity contribution in [3.05, 3.63) is 56.0 Å². The Morgan fingerprint density at radius 2 is 1.72 bits per heavy atom. The first-order valence-electron chi connectivity index (χ1n) is 11.5. The van der Waals surface area contributed by atoms with E-state index in [-0.39, 0.29) is 36.6 Å². The zero-order chi connectivity index (χ0) is 26.0. The summed E-state index contributed by atoms with van der Waals surface area (Å²) in [7, 11) is 1.31. The van der Waals surface area contributed by atoms with Gasteiger partial charge in [0.1, 0.15) is 0 Å². The van der Waals surface area contributed by atoms with Crippen molar-refractivity contribution in [1.82, 2.24) is 9.80 Å². The Kier molecular flexibility index (Phi) is 7.99. The summed E-state index contributed by atoms with van der Waals surface area (Å²) in [6.45, 7) is 1.48. The number of anilines is 2. The minimum absolute atomic E-state index is 0.00593. The lowest BCUT2D eigenvalue weighted by Gasteiger charge is -2.40. The number of likely N-dealkylation sites (tertiary alicyclic amines) is 1. The molecule has 0 spiro atoms. The monoisotopic (exact) mass is 620 g/mol.